The van der Waals surface area contributed by atoms with E-state index >= 15 is 0 Å². The largest absolute Gasteiger partial charge is 0.321 e. The molecule has 3 aromatic rings. The van der Waals surface area contributed by atoms with Gasteiger partial charge in [-0.2, -0.15) is 5.10 Å². The van der Waals surface area contributed by atoms with Crippen molar-refractivity contribution in [2.75, 3.05) is 11.6 Å². The van der Waals surface area contributed by atoms with Gasteiger partial charge < -0.3 is 5.32 Å². The zero-order chi connectivity index (χ0) is 21.3. The molecule has 1 N–H and O–H groups in total. The highest BCUT2D eigenvalue weighted by Gasteiger charge is 2.24. The number of anilines is 1. The molecule has 0 radical (unpaired) electrons. The van der Waals surface area contributed by atoms with Crippen molar-refractivity contribution in [3.8, 4) is 0 Å². The zero-order valence-corrected chi connectivity index (χ0v) is 17.6. The van der Waals surface area contributed by atoms with Crippen LogP contribution in [0.2, 0.25) is 0 Å². The number of fused-ring (bicyclic) bond motifs is 1. The maximum atomic E-state index is 14.4. The van der Waals surface area contributed by atoms with Crippen LogP contribution >= 0.6 is 0 Å². The van der Waals surface area contributed by atoms with Gasteiger partial charge in [-0.15, -0.1) is 0 Å². The van der Waals surface area contributed by atoms with Gasteiger partial charge in [-0.25, -0.2) is 12.8 Å². The number of benzene rings is 2. The van der Waals surface area contributed by atoms with Gasteiger partial charge in [0, 0.05) is 23.9 Å². The molecule has 0 aliphatic heterocycles. The molecule has 1 amide bonds. The van der Waals surface area contributed by atoms with E-state index in [0.717, 1.165) is 31.9 Å². The second-order valence-corrected chi connectivity index (χ2v) is 9.94. The fraction of sp³-hybridized carbons (Fsp3) is 0.364. The molecule has 0 atom stereocenters. The Labute approximate surface area is 175 Å². The molecular weight excluding hydrogens is 405 g/mol. The summed E-state index contributed by atoms with van der Waals surface area (Å²) in [5.74, 6) is -0.510. The lowest BCUT2D eigenvalue weighted by Crippen LogP contribution is -2.22. The van der Waals surface area contributed by atoms with Gasteiger partial charge in [-0.05, 0) is 43.0 Å². The molecule has 30 heavy (non-hydrogen) atoms. The summed E-state index contributed by atoms with van der Waals surface area (Å²) in [4.78, 5) is 13.3. The van der Waals surface area contributed by atoms with E-state index in [1.807, 2.05) is 0 Å². The first-order valence-corrected chi connectivity index (χ1v) is 12.0. The zero-order valence-electron chi connectivity index (χ0n) is 16.8. The Bertz CT molecular complexity index is 1200. The van der Waals surface area contributed by atoms with E-state index in [1.54, 1.807) is 28.9 Å². The Morgan fingerprint density at radius 3 is 2.63 bits per heavy atom. The lowest BCUT2D eigenvalue weighted by molar-refractivity contribution is 0.101. The first kappa shape index (κ1) is 20.5. The quantitative estimate of drug-likeness (QED) is 0.651. The second-order valence-electron chi connectivity index (χ2n) is 7.92. The van der Waals surface area contributed by atoms with Crippen LogP contribution in [-0.4, -0.2) is 30.4 Å². The molecule has 1 fully saturated rings. The third-order valence-electron chi connectivity index (χ3n) is 5.61. The number of nitrogens with one attached hydrogen (secondary N) is 1. The summed E-state index contributed by atoms with van der Waals surface area (Å²) in [6.45, 7) is 0.556. The molecule has 1 saturated carbocycles. The fourth-order valence-corrected chi connectivity index (χ4v) is 4.77. The van der Waals surface area contributed by atoms with Gasteiger partial charge in [0.05, 0.1) is 4.90 Å². The van der Waals surface area contributed by atoms with Gasteiger partial charge in [0.1, 0.15) is 11.2 Å². The SMILES string of the molecule is CS(=O)(=O)c1cccc(NC(=O)c2c3cccc(F)c3nn2CC2CCCCC2)c1. The van der Waals surface area contributed by atoms with Crippen LogP contribution in [0.4, 0.5) is 10.1 Å². The molecule has 4 rings (SSSR count). The van der Waals surface area contributed by atoms with E-state index in [0.29, 0.717) is 29.2 Å². The van der Waals surface area contributed by atoms with Crippen molar-refractivity contribution in [2.45, 2.75) is 43.5 Å². The summed E-state index contributed by atoms with van der Waals surface area (Å²) in [6, 6.07) is 10.7. The molecule has 1 heterocycles. The van der Waals surface area contributed by atoms with Gasteiger partial charge in [0.15, 0.2) is 15.7 Å². The Morgan fingerprint density at radius 1 is 1.17 bits per heavy atom. The Kier molecular flexibility index (Phi) is 5.60. The summed E-state index contributed by atoms with van der Waals surface area (Å²) in [6.07, 6.45) is 6.77. The third-order valence-corrected chi connectivity index (χ3v) is 6.72. The van der Waals surface area contributed by atoms with Crippen molar-refractivity contribution in [1.29, 1.82) is 0 Å². The monoisotopic (exact) mass is 429 g/mol. The van der Waals surface area contributed by atoms with Crippen molar-refractivity contribution >= 4 is 32.3 Å². The molecule has 0 saturated heterocycles. The van der Waals surface area contributed by atoms with Gasteiger partial charge >= 0.3 is 0 Å². The third kappa shape index (κ3) is 4.23. The summed E-state index contributed by atoms with van der Waals surface area (Å²) < 4.78 is 39.6. The number of sulfone groups is 1. The van der Waals surface area contributed by atoms with Crippen LogP contribution in [0.25, 0.3) is 10.9 Å². The summed E-state index contributed by atoms with van der Waals surface area (Å²) in [5, 5.41) is 7.62. The van der Waals surface area contributed by atoms with Gasteiger partial charge in [0.2, 0.25) is 0 Å². The topological polar surface area (TPSA) is 81.1 Å². The number of halogens is 1. The van der Waals surface area contributed by atoms with Crippen molar-refractivity contribution in [3.63, 3.8) is 0 Å². The van der Waals surface area contributed by atoms with E-state index in [-0.39, 0.29) is 10.4 Å². The standard InChI is InChI=1S/C22H24FN3O3S/c1-30(28,29)17-10-5-9-16(13-17)24-22(27)21-18-11-6-12-19(23)20(18)25-26(21)14-15-7-3-2-4-8-15/h5-6,9-13,15H,2-4,7-8,14H2,1H3,(H,24,27). The average Bonchev–Trinajstić information content (AvgIpc) is 3.08. The Hall–Kier alpha value is -2.74. The maximum Gasteiger partial charge on any atom is 0.274 e. The minimum atomic E-state index is -3.40. The van der Waals surface area contributed by atoms with Crippen LogP contribution in [0.5, 0.6) is 0 Å². The molecule has 2 aromatic carbocycles. The van der Waals surface area contributed by atoms with Crippen LogP contribution in [0.15, 0.2) is 47.4 Å². The van der Waals surface area contributed by atoms with Crippen molar-refractivity contribution < 1.29 is 17.6 Å². The summed E-state index contributed by atoms with van der Waals surface area (Å²) >= 11 is 0. The fourth-order valence-electron chi connectivity index (χ4n) is 4.10. The second kappa shape index (κ2) is 8.18. The molecular formula is C22H24FN3O3S. The molecule has 8 heteroatoms. The van der Waals surface area contributed by atoms with Crippen molar-refractivity contribution in [3.05, 3.63) is 54.0 Å². The number of carbonyl (C=O) groups excluding carboxylic acids is 1. The first-order valence-electron chi connectivity index (χ1n) is 10.1. The Balaban J connectivity index is 1.70. The van der Waals surface area contributed by atoms with E-state index in [1.165, 1.54) is 24.6 Å². The Morgan fingerprint density at radius 2 is 1.90 bits per heavy atom. The van der Waals surface area contributed by atoms with E-state index in [4.69, 9.17) is 0 Å². The molecule has 6 nitrogen and oxygen atoms in total. The number of hydrogen-bond donors (Lipinski definition) is 1. The molecule has 1 aliphatic carbocycles. The molecule has 158 valence electrons. The van der Waals surface area contributed by atoms with Gasteiger partial charge in [0.25, 0.3) is 5.91 Å². The van der Waals surface area contributed by atoms with E-state index in [9.17, 15) is 17.6 Å². The lowest BCUT2D eigenvalue weighted by atomic mass is 9.89. The van der Waals surface area contributed by atoms with Crippen LogP contribution in [-0.2, 0) is 16.4 Å². The number of amides is 1. The number of rotatable bonds is 5. The van der Waals surface area contributed by atoms with Crippen LogP contribution < -0.4 is 5.32 Å². The minimum Gasteiger partial charge on any atom is -0.321 e. The van der Waals surface area contributed by atoms with Crippen LogP contribution in [0.1, 0.15) is 42.6 Å². The average molecular weight is 430 g/mol. The smallest absolute Gasteiger partial charge is 0.274 e. The van der Waals surface area contributed by atoms with E-state index in [2.05, 4.69) is 10.4 Å². The first-order chi connectivity index (χ1) is 14.3. The normalized spacial score (nSPS) is 15.4. The van der Waals surface area contributed by atoms with Gasteiger partial charge in [-0.3, -0.25) is 9.48 Å². The minimum absolute atomic E-state index is 0.118. The maximum absolute atomic E-state index is 14.4. The van der Waals surface area contributed by atoms with Crippen molar-refractivity contribution in [2.24, 2.45) is 5.92 Å². The lowest BCUT2D eigenvalue weighted by Gasteiger charge is -2.22. The predicted octanol–water partition coefficient (Wildman–Crippen LogP) is 4.41. The molecule has 1 aromatic heterocycles. The number of aromatic nitrogens is 2. The molecule has 0 bridgehead atoms. The highest BCUT2D eigenvalue weighted by atomic mass is 32.2. The van der Waals surface area contributed by atoms with Crippen LogP contribution in [0.3, 0.4) is 0 Å². The molecule has 0 unspecified atom stereocenters. The van der Waals surface area contributed by atoms with Crippen molar-refractivity contribution in [1.82, 2.24) is 9.78 Å². The molecule has 0 spiro atoms. The number of nitrogens with zero attached hydrogens (tertiary/aromatic N) is 2. The number of carbonyl (C=O) groups is 1. The highest BCUT2D eigenvalue weighted by Crippen LogP contribution is 2.28. The number of hydrogen-bond acceptors (Lipinski definition) is 4. The summed E-state index contributed by atoms with van der Waals surface area (Å²) in [5.41, 5.74) is 0.820. The molecule has 1 aliphatic rings. The highest BCUT2D eigenvalue weighted by molar-refractivity contribution is 7.90. The van der Waals surface area contributed by atoms with Gasteiger partial charge in [-0.1, -0.05) is 37.5 Å². The van der Waals surface area contributed by atoms with E-state index < -0.39 is 21.6 Å². The van der Waals surface area contributed by atoms with Crippen LogP contribution in [0, 0.1) is 11.7 Å². The summed E-state index contributed by atoms with van der Waals surface area (Å²) in [7, 11) is -3.40. The predicted molar refractivity (Wildman–Crippen MR) is 114 cm³/mol.